The van der Waals surface area contributed by atoms with E-state index < -0.39 is 69.2 Å². The monoisotopic (exact) mass is 838 g/mol. The molecular formula is C26H20F4I2O9S. The third kappa shape index (κ3) is 7.43. The number of hydrogen-bond acceptors (Lipinski definition) is 8. The summed E-state index contributed by atoms with van der Waals surface area (Å²) in [4.78, 5) is 23.6. The molecule has 0 aliphatic carbocycles. The minimum atomic E-state index is -5.65. The number of carbonyl (C=O) groups is 2. The Morgan fingerprint density at radius 2 is 1.55 bits per heavy atom. The molecule has 0 aliphatic heterocycles. The molecule has 0 bridgehead atoms. The van der Waals surface area contributed by atoms with Crippen LogP contribution in [0.15, 0.2) is 35.2 Å². The highest BCUT2D eigenvalue weighted by Crippen LogP contribution is 2.33. The van der Waals surface area contributed by atoms with Crippen molar-refractivity contribution in [1.82, 2.24) is 0 Å². The second-order valence-corrected chi connectivity index (χ2v) is 12.4. The lowest BCUT2D eigenvalue weighted by Crippen LogP contribution is -2.18. The third-order valence-corrected chi connectivity index (χ3v) is 8.18. The zero-order valence-electron chi connectivity index (χ0n) is 21.5. The van der Waals surface area contributed by atoms with Crippen LogP contribution in [-0.2, 0) is 14.9 Å². The Morgan fingerprint density at radius 1 is 0.929 bits per heavy atom. The maximum absolute atomic E-state index is 14.2. The zero-order chi connectivity index (χ0) is 31.5. The van der Waals surface area contributed by atoms with Gasteiger partial charge < -0.3 is 19.3 Å². The number of carbonyl (C=O) groups excluding carboxylic acids is 2. The number of esters is 2. The largest absolute Gasteiger partial charge is 0.506 e. The molecule has 0 heterocycles. The van der Waals surface area contributed by atoms with E-state index in [0.29, 0.717) is 19.1 Å². The summed E-state index contributed by atoms with van der Waals surface area (Å²) in [6.07, 6.45) is 0.691. The van der Waals surface area contributed by atoms with Crippen LogP contribution in [0.25, 0.3) is 0 Å². The van der Waals surface area contributed by atoms with Crippen molar-refractivity contribution < 1.29 is 59.4 Å². The van der Waals surface area contributed by atoms with E-state index in [1.54, 1.807) is 12.1 Å². The first kappa shape index (κ1) is 33.8. The molecule has 0 saturated heterocycles. The molecular weight excluding hydrogens is 818 g/mol. The first-order valence-electron chi connectivity index (χ1n) is 11.8. The van der Waals surface area contributed by atoms with Crippen molar-refractivity contribution in [3.05, 3.63) is 77.4 Å². The molecule has 16 heteroatoms. The second-order valence-electron chi connectivity index (χ2n) is 8.61. The minimum absolute atomic E-state index is 0.0209. The number of aromatic hydroxyl groups is 1. The Morgan fingerprint density at radius 3 is 2.12 bits per heavy atom. The first-order valence-corrected chi connectivity index (χ1v) is 15.4. The smallest absolute Gasteiger partial charge is 0.347 e. The molecule has 3 rings (SSSR count). The predicted molar refractivity (Wildman–Crippen MR) is 156 cm³/mol. The Balaban J connectivity index is 1.82. The molecule has 3 aromatic carbocycles. The molecule has 0 saturated carbocycles. The standard InChI is InChI=1S/C26H20F4I2O9S/c1-3-11(2)12-4-5-17(41-26(35)15-9-13(31)10-16(32)22(15)33)14(8-12)25(34)40-7-6-39-23-18(27)20(29)24(42(36,37)38)21(30)19(23)28/h4-5,8-11,33H,3,6-7H2,1-2H3,(H,36,37,38). The van der Waals surface area contributed by atoms with Gasteiger partial charge in [0.2, 0.25) is 11.6 Å². The van der Waals surface area contributed by atoms with Crippen molar-refractivity contribution in [3.8, 4) is 17.2 Å². The Hall–Kier alpha value is -2.71. The van der Waals surface area contributed by atoms with Gasteiger partial charge in [0.1, 0.15) is 35.8 Å². The molecule has 0 aromatic heterocycles. The van der Waals surface area contributed by atoms with E-state index in [2.05, 4.69) is 4.74 Å². The van der Waals surface area contributed by atoms with Gasteiger partial charge >= 0.3 is 22.1 Å². The SMILES string of the molecule is CCC(C)c1ccc(OC(=O)c2cc(I)cc(I)c2O)c(C(=O)OCCOc2c(F)c(F)c(S(=O)(=O)O)c(F)c2F)c1. The summed E-state index contributed by atoms with van der Waals surface area (Å²) in [6, 6.07) is 7.41. The average molecular weight is 838 g/mol. The summed E-state index contributed by atoms with van der Waals surface area (Å²) in [5.74, 6) is -13.6. The molecule has 9 nitrogen and oxygen atoms in total. The van der Waals surface area contributed by atoms with E-state index in [1.807, 2.05) is 59.0 Å². The van der Waals surface area contributed by atoms with Gasteiger partial charge in [0.25, 0.3) is 0 Å². The van der Waals surface area contributed by atoms with Gasteiger partial charge in [0.15, 0.2) is 22.3 Å². The molecule has 1 atom stereocenters. The van der Waals surface area contributed by atoms with Crippen molar-refractivity contribution in [2.24, 2.45) is 0 Å². The third-order valence-electron chi connectivity index (χ3n) is 5.86. The van der Waals surface area contributed by atoms with Crippen molar-refractivity contribution in [2.45, 2.75) is 31.1 Å². The molecule has 0 spiro atoms. The van der Waals surface area contributed by atoms with Gasteiger partial charge in [-0.05, 0) is 87.3 Å². The molecule has 42 heavy (non-hydrogen) atoms. The number of hydrogen-bond donors (Lipinski definition) is 2. The van der Waals surface area contributed by atoms with E-state index in [9.17, 15) is 40.7 Å². The summed E-state index contributed by atoms with van der Waals surface area (Å²) in [7, 11) is -5.65. The van der Waals surface area contributed by atoms with Gasteiger partial charge in [0.05, 0.1) is 3.57 Å². The van der Waals surface area contributed by atoms with E-state index in [1.165, 1.54) is 18.2 Å². The lowest BCUT2D eigenvalue weighted by Gasteiger charge is -2.15. The molecule has 0 aliphatic rings. The van der Waals surface area contributed by atoms with Crippen LogP contribution in [0.4, 0.5) is 17.6 Å². The molecule has 3 aromatic rings. The number of phenols is 1. The van der Waals surface area contributed by atoms with E-state index >= 15 is 0 Å². The van der Waals surface area contributed by atoms with Gasteiger partial charge in [-0.3, -0.25) is 4.55 Å². The van der Waals surface area contributed by atoms with E-state index in [4.69, 9.17) is 14.0 Å². The lowest BCUT2D eigenvalue weighted by atomic mass is 9.96. The molecule has 2 N–H and O–H groups in total. The summed E-state index contributed by atoms with van der Waals surface area (Å²) in [5, 5.41) is 10.3. The first-order chi connectivity index (χ1) is 19.6. The van der Waals surface area contributed by atoms with Crippen LogP contribution < -0.4 is 9.47 Å². The predicted octanol–water partition coefficient (Wildman–Crippen LogP) is 6.37. The van der Waals surface area contributed by atoms with Crippen LogP contribution in [0.3, 0.4) is 0 Å². The summed E-state index contributed by atoms with van der Waals surface area (Å²) >= 11 is 3.78. The summed E-state index contributed by atoms with van der Waals surface area (Å²) in [5.41, 5.74) is 0.308. The minimum Gasteiger partial charge on any atom is -0.506 e. The van der Waals surface area contributed by atoms with Crippen LogP contribution >= 0.6 is 45.2 Å². The highest BCUT2D eigenvalue weighted by molar-refractivity contribution is 14.1. The highest BCUT2D eigenvalue weighted by atomic mass is 127. The second kappa shape index (κ2) is 13.7. The van der Waals surface area contributed by atoms with Gasteiger partial charge in [0, 0.05) is 3.57 Å². The van der Waals surface area contributed by atoms with Crippen LogP contribution in [0, 0.1) is 30.4 Å². The maximum atomic E-state index is 14.2. The van der Waals surface area contributed by atoms with E-state index in [0.717, 1.165) is 0 Å². The normalized spacial score (nSPS) is 12.1. The number of phenolic OH excluding ortho intramolecular Hbond substituents is 1. The fraction of sp³-hybridized carbons (Fsp3) is 0.231. The molecule has 0 radical (unpaired) electrons. The molecule has 0 fully saturated rings. The van der Waals surface area contributed by atoms with Gasteiger partial charge in [-0.15, -0.1) is 0 Å². The quantitative estimate of drug-likeness (QED) is 0.0454. The van der Waals surface area contributed by atoms with Crippen molar-refractivity contribution in [3.63, 3.8) is 0 Å². The number of benzene rings is 3. The van der Waals surface area contributed by atoms with Crippen LogP contribution in [0.1, 0.15) is 52.5 Å². The average Bonchev–Trinajstić information content (AvgIpc) is 2.92. The zero-order valence-corrected chi connectivity index (χ0v) is 26.6. The van der Waals surface area contributed by atoms with E-state index in [-0.39, 0.29) is 28.5 Å². The Kier molecular flexibility index (Phi) is 11.0. The number of halogens is 6. The van der Waals surface area contributed by atoms with Gasteiger partial charge in [-0.25, -0.2) is 18.4 Å². The van der Waals surface area contributed by atoms with Crippen molar-refractivity contribution in [1.29, 1.82) is 0 Å². The molecule has 226 valence electrons. The Bertz CT molecular complexity index is 1640. The van der Waals surface area contributed by atoms with Gasteiger partial charge in [-0.1, -0.05) is 19.9 Å². The van der Waals surface area contributed by atoms with Crippen molar-refractivity contribution in [2.75, 3.05) is 13.2 Å². The number of rotatable bonds is 10. The number of ether oxygens (including phenoxy) is 3. The summed E-state index contributed by atoms with van der Waals surface area (Å²) in [6.45, 7) is 2.21. The highest BCUT2D eigenvalue weighted by Gasteiger charge is 2.33. The fourth-order valence-corrected chi connectivity index (χ4v) is 5.99. The topological polar surface area (TPSA) is 136 Å². The lowest BCUT2D eigenvalue weighted by molar-refractivity contribution is 0.0439. The van der Waals surface area contributed by atoms with Crippen LogP contribution in [-0.4, -0.2) is 43.2 Å². The summed E-state index contributed by atoms with van der Waals surface area (Å²) < 4.78 is 103. The van der Waals surface area contributed by atoms with Crippen LogP contribution in [0.2, 0.25) is 0 Å². The Labute approximate surface area is 264 Å². The molecule has 1 unspecified atom stereocenters. The van der Waals surface area contributed by atoms with Crippen molar-refractivity contribution >= 4 is 67.2 Å². The van der Waals surface area contributed by atoms with Crippen LogP contribution in [0.5, 0.6) is 17.2 Å². The van der Waals surface area contributed by atoms with Gasteiger partial charge in [-0.2, -0.15) is 17.2 Å². The maximum Gasteiger partial charge on any atom is 0.347 e. The fourth-order valence-electron chi connectivity index (χ4n) is 3.52. The molecule has 0 amide bonds.